The maximum atomic E-state index is 13.4. The van der Waals surface area contributed by atoms with Crippen LogP contribution >= 0.6 is 11.8 Å². The van der Waals surface area contributed by atoms with Crippen LogP contribution in [0, 0.1) is 19.7 Å². The van der Waals surface area contributed by atoms with Crippen LogP contribution in [0.15, 0.2) is 53.7 Å². The number of halogens is 1. The number of methoxy groups -OCH3 is 2. The first-order valence-corrected chi connectivity index (χ1v) is 12.2. The van der Waals surface area contributed by atoms with E-state index in [1.54, 1.807) is 37.3 Å². The Morgan fingerprint density at radius 1 is 1.03 bits per heavy atom. The summed E-state index contributed by atoms with van der Waals surface area (Å²) < 4.78 is 24.0. The predicted octanol–water partition coefficient (Wildman–Crippen LogP) is 4.40. The summed E-state index contributed by atoms with van der Waals surface area (Å²) in [4.78, 5) is 36.7. The Balaban J connectivity index is 1.80. The van der Waals surface area contributed by atoms with Crippen molar-refractivity contribution in [2.24, 2.45) is 0 Å². The summed E-state index contributed by atoms with van der Waals surface area (Å²) in [6, 6.07) is 11.9. The largest absolute Gasteiger partial charge is 0.497 e. The van der Waals surface area contributed by atoms with E-state index in [1.165, 1.54) is 43.0 Å². The lowest BCUT2D eigenvalue weighted by Crippen LogP contribution is -2.46. The molecular formula is C26H29FN4O4S. The number of anilines is 1. The summed E-state index contributed by atoms with van der Waals surface area (Å²) in [6.07, 6.45) is 0. The van der Waals surface area contributed by atoms with Gasteiger partial charge in [0.1, 0.15) is 23.4 Å². The summed E-state index contributed by atoms with van der Waals surface area (Å²) in [7, 11) is 3.03. The van der Waals surface area contributed by atoms with E-state index in [9.17, 15) is 14.0 Å². The van der Waals surface area contributed by atoms with Crippen molar-refractivity contribution in [3.8, 4) is 11.5 Å². The first-order chi connectivity index (χ1) is 17.2. The van der Waals surface area contributed by atoms with Gasteiger partial charge < -0.3 is 19.7 Å². The molecule has 0 aliphatic rings. The topological polar surface area (TPSA) is 93.7 Å². The number of nitrogens with zero attached hydrogens (tertiary/aromatic N) is 3. The molecule has 1 unspecified atom stereocenters. The van der Waals surface area contributed by atoms with Crippen LogP contribution < -0.4 is 14.8 Å². The number of thioether (sulfide) groups is 1. The van der Waals surface area contributed by atoms with Crippen molar-refractivity contribution < 1.29 is 23.5 Å². The van der Waals surface area contributed by atoms with Crippen LogP contribution in [0.3, 0.4) is 0 Å². The molecule has 36 heavy (non-hydrogen) atoms. The number of benzene rings is 2. The molecule has 1 N–H and O–H groups in total. The molecule has 0 bridgehead atoms. The average molecular weight is 513 g/mol. The van der Waals surface area contributed by atoms with Gasteiger partial charge in [0.25, 0.3) is 0 Å². The van der Waals surface area contributed by atoms with Crippen LogP contribution in [-0.4, -0.2) is 52.7 Å². The number of hydrogen-bond donors (Lipinski definition) is 1. The number of aryl methyl sites for hydroxylation is 2. The van der Waals surface area contributed by atoms with Crippen molar-refractivity contribution in [3.63, 3.8) is 0 Å². The number of amides is 2. The molecule has 2 aromatic carbocycles. The van der Waals surface area contributed by atoms with Gasteiger partial charge in [-0.25, -0.2) is 14.4 Å². The number of rotatable bonds is 10. The van der Waals surface area contributed by atoms with E-state index in [2.05, 4.69) is 15.3 Å². The minimum atomic E-state index is -0.838. The fourth-order valence-corrected chi connectivity index (χ4v) is 4.31. The third-order valence-electron chi connectivity index (χ3n) is 5.39. The third-order valence-corrected chi connectivity index (χ3v) is 6.22. The third kappa shape index (κ3) is 7.17. The lowest BCUT2D eigenvalue weighted by atomic mass is 10.1. The number of ether oxygens (including phenoxy) is 2. The van der Waals surface area contributed by atoms with Crippen LogP contribution in [0.5, 0.6) is 11.5 Å². The molecule has 0 saturated heterocycles. The van der Waals surface area contributed by atoms with Gasteiger partial charge in [-0.1, -0.05) is 23.9 Å². The van der Waals surface area contributed by atoms with E-state index in [-0.39, 0.29) is 24.0 Å². The molecule has 3 aromatic rings. The molecule has 0 fully saturated rings. The van der Waals surface area contributed by atoms with Gasteiger partial charge in [0.05, 0.1) is 25.7 Å². The second-order valence-electron chi connectivity index (χ2n) is 8.10. The Hall–Kier alpha value is -3.66. The van der Waals surface area contributed by atoms with Gasteiger partial charge >= 0.3 is 0 Å². The molecule has 1 aromatic heterocycles. The van der Waals surface area contributed by atoms with Crippen molar-refractivity contribution in [1.82, 2.24) is 14.9 Å². The van der Waals surface area contributed by atoms with Gasteiger partial charge in [-0.05, 0) is 56.7 Å². The van der Waals surface area contributed by atoms with Gasteiger partial charge in [-0.15, -0.1) is 0 Å². The zero-order chi connectivity index (χ0) is 26.2. The van der Waals surface area contributed by atoms with Gasteiger partial charge in [0.2, 0.25) is 11.8 Å². The van der Waals surface area contributed by atoms with Crippen LogP contribution in [-0.2, 0) is 16.1 Å². The SMILES string of the molecule is COc1ccc(NC(=O)C(C)N(Cc2ccc(F)cc2)C(=O)CSc2nc(C)cc(C)n2)c(OC)c1. The van der Waals surface area contributed by atoms with E-state index in [1.807, 2.05) is 19.9 Å². The summed E-state index contributed by atoms with van der Waals surface area (Å²) in [5, 5.41) is 3.32. The monoisotopic (exact) mass is 512 g/mol. The summed E-state index contributed by atoms with van der Waals surface area (Å²) in [6.45, 7) is 5.49. The average Bonchev–Trinajstić information content (AvgIpc) is 2.86. The highest BCUT2D eigenvalue weighted by Crippen LogP contribution is 2.29. The first-order valence-electron chi connectivity index (χ1n) is 11.2. The Kier molecular flexibility index (Phi) is 9.24. The highest BCUT2D eigenvalue weighted by Gasteiger charge is 2.27. The lowest BCUT2D eigenvalue weighted by molar-refractivity contribution is -0.136. The molecule has 2 amide bonds. The minimum absolute atomic E-state index is 0.0353. The van der Waals surface area contributed by atoms with Gasteiger partial charge in [-0.3, -0.25) is 9.59 Å². The number of carbonyl (C=O) groups excluding carboxylic acids is 2. The first kappa shape index (κ1) is 26.9. The second kappa shape index (κ2) is 12.3. The molecule has 10 heteroatoms. The Labute approximate surface area is 214 Å². The molecule has 3 rings (SSSR count). The molecule has 0 saturated carbocycles. The standard InChI is InChI=1S/C26H29FN4O4S/c1-16-12-17(2)29-26(28-16)36-15-24(32)31(14-19-6-8-20(27)9-7-19)18(3)25(33)30-22-11-10-21(34-4)13-23(22)35-5/h6-13,18H,14-15H2,1-5H3,(H,30,33). The Morgan fingerprint density at radius 2 is 1.69 bits per heavy atom. The lowest BCUT2D eigenvalue weighted by Gasteiger charge is -2.29. The molecule has 0 aliphatic carbocycles. The Bertz CT molecular complexity index is 1200. The van der Waals surface area contributed by atoms with Crippen molar-refractivity contribution in [1.29, 1.82) is 0 Å². The fraction of sp³-hybridized carbons (Fsp3) is 0.308. The summed E-state index contributed by atoms with van der Waals surface area (Å²) in [5.41, 5.74) is 2.75. The van der Waals surface area contributed by atoms with Crippen LogP contribution in [0.2, 0.25) is 0 Å². The number of carbonyl (C=O) groups is 2. The van der Waals surface area contributed by atoms with E-state index in [4.69, 9.17) is 9.47 Å². The van der Waals surface area contributed by atoms with E-state index in [0.717, 1.165) is 11.4 Å². The van der Waals surface area contributed by atoms with E-state index < -0.39 is 11.9 Å². The van der Waals surface area contributed by atoms with E-state index in [0.29, 0.717) is 27.9 Å². The summed E-state index contributed by atoms with van der Waals surface area (Å²) in [5.74, 6) is -0.0203. The second-order valence-corrected chi connectivity index (χ2v) is 9.04. The highest BCUT2D eigenvalue weighted by molar-refractivity contribution is 7.99. The van der Waals surface area contributed by atoms with Gasteiger partial charge in [-0.2, -0.15) is 0 Å². The van der Waals surface area contributed by atoms with Crippen molar-refractivity contribution in [2.75, 3.05) is 25.3 Å². The minimum Gasteiger partial charge on any atom is -0.497 e. The van der Waals surface area contributed by atoms with Crippen LogP contribution in [0.25, 0.3) is 0 Å². The summed E-state index contributed by atoms with van der Waals surface area (Å²) >= 11 is 1.20. The van der Waals surface area contributed by atoms with Crippen LogP contribution in [0.1, 0.15) is 23.9 Å². The maximum absolute atomic E-state index is 13.4. The van der Waals surface area contributed by atoms with Gasteiger partial charge in [0, 0.05) is 24.0 Å². The molecule has 0 radical (unpaired) electrons. The molecule has 1 heterocycles. The molecular weight excluding hydrogens is 483 g/mol. The maximum Gasteiger partial charge on any atom is 0.247 e. The molecule has 8 nitrogen and oxygen atoms in total. The van der Waals surface area contributed by atoms with Gasteiger partial charge in [0.15, 0.2) is 5.16 Å². The number of hydrogen-bond acceptors (Lipinski definition) is 7. The number of aromatic nitrogens is 2. The molecule has 190 valence electrons. The molecule has 1 atom stereocenters. The zero-order valence-corrected chi connectivity index (χ0v) is 21.7. The molecule has 0 spiro atoms. The van der Waals surface area contributed by atoms with E-state index >= 15 is 0 Å². The smallest absolute Gasteiger partial charge is 0.247 e. The van der Waals surface area contributed by atoms with Crippen molar-refractivity contribution in [2.45, 2.75) is 38.5 Å². The normalized spacial score (nSPS) is 11.5. The quantitative estimate of drug-likeness (QED) is 0.318. The van der Waals surface area contributed by atoms with Crippen molar-refractivity contribution in [3.05, 3.63) is 71.3 Å². The van der Waals surface area contributed by atoms with Crippen molar-refractivity contribution >= 4 is 29.3 Å². The predicted molar refractivity (Wildman–Crippen MR) is 137 cm³/mol. The molecule has 0 aliphatic heterocycles. The highest BCUT2D eigenvalue weighted by atomic mass is 32.2. The zero-order valence-electron chi connectivity index (χ0n) is 20.9. The Morgan fingerprint density at radius 3 is 2.31 bits per heavy atom. The number of nitrogens with one attached hydrogen (secondary N) is 1. The van der Waals surface area contributed by atoms with Crippen LogP contribution in [0.4, 0.5) is 10.1 Å². The fourth-order valence-electron chi connectivity index (χ4n) is 3.48.